The molecule has 0 radical (unpaired) electrons. The van der Waals surface area contributed by atoms with Crippen LogP contribution in [0.4, 0.5) is 0 Å². The fourth-order valence-electron chi connectivity index (χ4n) is 3.45. The fourth-order valence-corrected chi connectivity index (χ4v) is 3.45. The van der Waals surface area contributed by atoms with E-state index in [4.69, 9.17) is 0 Å². The maximum atomic E-state index is 12.8. The Balaban J connectivity index is 2.06. The van der Waals surface area contributed by atoms with Crippen molar-refractivity contribution in [2.24, 2.45) is 11.3 Å². The van der Waals surface area contributed by atoms with Gasteiger partial charge in [0.2, 0.25) is 5.91 Å². The van der Waals surface area contributed by atoms with Crippen molar-refractivity contribution >= 4 is 5.91 Å². The van der Waals surface area contributed by atoms with Gasteiger partial charge in [0, 0.05) is 30.8 Å². The molecule has 106 valence electrons. The van der Waals surface area contributed by atoms with Crippen molar-refractivity contribution in [1.29, 1.82) is 0 Å². The van der Waals surface area contributed by atoms with E-state index in [1.54, 1.807) is 6.20 Å². The highest BCUT2D eigenvalue weighted by Crippen LogP contribution is 2.44. The summed E-state index contributed by atoms with van der Waals surface area (Å²) < 4.78 is 0. The first-order chi connectivity index (χ1) is 9.03. The number of carbonyl (C=O) groups is 1. The van der Waals surface area contributed by atoms with Crippen molar-refractivity contribution in [1.82, 2.24) is 15.1 Å². The zero-order valence-corrected chi connectivity index (χ0v) is 12.3. The van der Waals surface area contributed by atoms with Crippen LogP contribution in [0, 0.1) is 11.3 Å². The Morgan fingerprint density at radius 1 is 1.47 bits per heavy atom. The highest BCUT2D eigenvalue weighted by atomic mass is 16.2. The molecule has 4 nitrogen and oxygen atoms in total. The first kappa shape index (κ1) is 14.1. The van der Waals surface area contributed by atoms with E-state index in [1.807, 2.05) is 18.1 Å². The van der Waals surface area contributed by atoms with Gasteiger partial charge < -0.3 is 4.90 Å². The van der Waals surface area contributed by atoms with Gasteiger partial charge in [-0.2, -0.15) is 5.10 Å². The number of nitrogens with one attached hydrogen (secondary N) is 1. The normalized spacial score (nSPS) is 17.9. The molecule has 1 amide bonds. The Hall–Kier alpha value is -1.32. The largest absolute Gasteiger partial charge is 0.341 e. The summed E-state index contributed by atoms with van der Waals surface area (Å²) in [6.07, 6.45) is 9.15. The number of amides is 1. The smallest absolute Gasteiger partial charge is 0.228 e. The number of hydrogen-bond acceptors (Lipinski definition) is 2. The second kappa shape index (κ2) is 5.76. The number of carbonyl (C=O) groups excluding carboxylic acids is 1. The van der Waals surface area contributed by atoms with Crippen molar-refractivity contribution in [2.75, 3.05) is 7.05 Å². The van der Waals surface area contributed by atoms with Gasteiger partial charge in [0.15, 0.2) is 0 Å². The number of aromatic nitrogens is 2. The summed E-state index contributed by atoms with van der Waals surface area (Å²) in [5.41, 5.74) is 0.959. The molecule has 0 atom stereocenters. The third-order valence-electron chi connectivity index (χ3n) is 4.13. The average molecular weight is 263 g/mol. The van der Waals surface area contributed by atoms with Crippen molar-refractivity contribution in [3.05, 3.63) is 18.0 Å². The third kappa shape index (κ3) is 3.17. The van der Waals surface area contributed by atoms with Crippen LogP contribution in [0.3, 0.4) is 0 Å². The standard InChI is InChI=1S/C15H25N3O/c1-12(2)8-15(6-4-5-7-15)14(19)18(3)11-13-9-16-17-10-13/h9-10,12H,4-8,11H2,1-3H3,(H,16,17). The molecule has 4 heteroatoms. The lowest BCUT2D eigenvalue weighted by atomic mass is 9.77. The lowest BCUT2D eigenvalue weighted by molar-refractivity contribution is -0.142. The monoisotopic (exact) mass is 263 g/mol. The minimum Gasteiger partial charge on any atom is -0.341 e. The molecule has 1 N–H and O–H groups in total. The molecule has 0 unspecified atom stereocenters. The molecule has 1 aromatic rings. The van der Waals surface area contributed by atoms with E-state index in [2.05, 4.69) is 24.0 Å². The molecule has 0 aliphatic heterocycles. The van der Waals surface area contributed by atoms with Gasteiger partial charge in [-0.1, -0.05) is 26.7 Å². The molecule has 1 aliphatic carbocycles. The molecular weight excluding hydrogens is 238 g/mol. The lowest BCUT2D eigenvalue weighted by Gasteiger charge is -2.33. The maximum Gasteiger partial charge on any atom is 0.228 e. The van der Waals surface area contributed by atoms with Crippen molar-refractivity contribution in [3.63, 3.8) is 0 Å². The summed E-state index contributed by atoms with van der Waals surface area (Å²) in [6.45, 7) is 5.07. The number of rotatable bonds is 5. The predicted octanol–water partition coefficient (Wildman–Crippen LogP) is 2.97. The molecule has 1 fully saturated rings. The molecular formula is C15H25N3O. The van der Waals surface area contributed by atoms with Crippen LogP contribution < -0.4 is 0 Å². The van der Waals surface area contributed by atoms with Crippen LogP contribution in [-0.4, -0.2) is 28.1 Å². The van der Waals surface area contributed by atoms with Crippen LogP contribution in [-0.2, 0) is 11.3 Å². The summed E-state index contributed by atoms with van der Waals surface area (Å²) in [6, 6.07) is 0. The van der Waals surface area contributed by atoms with Gasteiger partial charge in [0.1, 0.15) is 0 Å². The number of hydrogen-bond donors (Lipinski definition) is 1. The zero-order valence-electron chi connectivity index (χ0n) is 12.3. The van der Waals surface area contributed by atoms with Crippen LogP contribution >= 0.6 is 0 Å². The molecule has 0 saturated heterocycles. The second-order valence-electron chi connectivity index (χ2n) is 6.35. The second-order valence-corrected chi connectivity index (χ2v) is 6.35. The predicted molar refractivity (Wildman–Crippen MR) is 75.4 cm³/mol. The van der Waals surface area contributed by atoms with Crippen molar-refractivity contribution in [3.8, 4) is 0 Å². The first-order valence-electron chi connectivity index (χ1n) is 7.27. The van der Waals surface area contributed by atoms with Crippen LogP contribution in [0.15, 0.2) is 12.4 Å². The van der Waals surface area contributed by atoms with Gasteiger partial charge in [-0.25, -0.2) is 0 Å². The zero-order chi connectivity index (χ0) is 13.9. The molecule has 0 spiro atoms. The molecule has 19 heavy (non-hydrogen) atoms. The van der Waals surface area contributed by atoms with Crippen molar-refractivity contribution in [2.45, 2.75) is 52.5 Å². The average Bonchev–Trinajstić information content (AvgIpc) is 2.99. The van der Waals surface area contributed by atoms with E-state index in [9.17, 15) is 4.79 Å². The SMILES string of the molecule is CC(C)CC1(C(=O)N(C)Cc2cn[nH]c2)CCCC1. The first-order valence-corrected chi connectivity index (χ1v) is 7.27. The van der Waals surface area contributed by atoms with E-state index in [0.717, 1.165) is 24.8 Å². The minimum absolute atomic E-state index is 0.105. The molecule has 1 aromatic heterocycles. The Morgan fingerprint density at radius 3 is 2.68 bits per heavy atom. The summed E-state index contributed by atoms with van der Waals surface area (Å²) in [4.78, 5) is 14.7. The Labute approximate surface area is 115 Å². The van der Waals surface area contributed by atoms with Crippen LogP contribution in [0.5, 0.6) is 0 Å². The van der Waals surface area contributed by atoms with E-state index >= 15 is 0 Å². The van der Waals surface area contributed by atoms with Gasteiger partial charge in [0.05, 0.1) is 6.20 Å². The summed E-state index contributed by atoms with van der Waals surface area (Å²) in [5, 5.41) is 6.73. The number of aromatic amines is 1. The van der Waals surface area contributed by atoms with E-state index in [1.165, 1.54) is 12.8 Å². The topological polar surface area (TPSA) is 49.0 Å². The minimum atomic E-state index is -0.105. The summed E-state index contributed by atoms with van der Waals surface area (Å²) in [7, 11) is 1.91. The van der Waals surface area contributed by atoms with Crippen LogP contribution in [0.1, 0.15) is 51.5 Å². The summed E-state index contributed by atoms with van der Waals surface area (Å²) >= 11 is 0. The van der Waals surface area contributed by atoms with E-state index in [0.29, 0.717) is 18.4 Å². The number of nitrogens with zero attached hydrogens (tertiary/aromatic N) is 2. The highest BCUT2D eigenvalue weighted by molar-refractivity contribution is 5.82. The van der Waals surface area contributed by atoms with Crippen LogP contribution in [0.25, 0.3) is 0 Å². The molecule has 1 saturated carbocycles. The molecule has 2 rings (SSSR count). The van der Waals surface area contributed by atoms with Gasteiger partial charge in [-0.15, -0.1) is 0 Å². The van der Waals surface area contributed by atoms with E-state index < -0.39 is 0 Å². The van der Waals surface area contributed by atoms with Gasteiger partial charge in [0.25, 0.3) is 0 Å². The highest BCUT2D eigenvalue weighted by Gasteiger charge is 2.42. The quantitative estimate of drug-likeness (QED) is 0.888. The fraction of sp³-hybridized carbons (Fsp3) is 0.733. The molecule has 1 aliphatic rings. The summed E-state index contributed by atoms with van der Waals surface area (Å²) in [5.74, 6) is 0.893. The Kier molecular flexibility index (Phi) is 4.27. The molecule has 0 aromatic carbocycles. The van der Waals surface area contributed by atoms with Gasteiger partial charge in [-0.05, 0) is 25.2 Å². The van der Waals surface area contributed by atoms with Crippen LogP contribution in [0.2, 0.25) is 0 Å². The third-order valence-corrected chi connectivity index (χ3v) is 4.13. The van der Waals surface area contributed by atoms with Crippen molar-refractivity contribution < 1.29 is 4.79 Å². The van der Waals surface area contributed by atoms with Gasteiger partial charge in [-0.3, -0.25) is 9.89 Å². The maximum absolute atomic E-state index is 12.8. The lowest BCUT2D eigenvalue weighted by Crippen LogP contribution is -2.41. The Morgan fingerprint density at radius 2 is 2.16 bits per heavy atom. The van der Waals surface area contributed by atoms with E-state index in [-0.39, 0.29) is 5.41 Å². The molecule has 1 heterocycles. The molecule has 0 bridgehead atoms. The van der Waals surface area contributed by atoms with Gasteiger partial charge >= 0.3 is 0 Å². The number of H-pyrrole nitrogens is 1. The Bertz CT molecular complexity index is 405.